The molecule has 1 atom stereocenters. The van der Waals surface area contributed by atoms with Crippen LogP contribution in [0.1, 0.15) is 17.4 Å². The molecule has 2 aromatic heterocycles. The molecular weight excluding hydrogens is 340 g/mol. The number of rotatable bonds is 3. The Hall–Kier alpha value is -2.41. The summed E-state index contributed by atoms with van der Waals surface area (Å²) in [7, 11) is 0. The molecule has 0 aliphatic carbocycles. The minimum absolute atomic E-state index is 0.00588. The van der Waals surface area contributed by atoms with Gasteiger partial charge in [-0.2, -0.15) is 0 Å². The molecule has 1 aromatic carbocycles. The summed E-state index contributed by atoms with van der Waals surface area (Å²) in [6.45, 7) is 1.33. The Morgan fingerprint density at radius 2 is 2.08 bits per heavy atom. The van der Waals surface area contributed by atoms with Gasteiger partial charge in [-0.05, 0) is 30.7 Å². The summed E-state index contributed by atoms with van der Waals surface area (Å²) >= 11 is 1.80. The molecule has 0 bridgehead atoms. The van der Waals surface area contributed by atoms with Gasteiger partial charge in [0, 0.05) is 18.8 Å². The van der Waals surface area contributed by atoms with Gasteiger partial charge in [0.1, 0.15) is 12.3 Å². The molecule has 1 aliphatic rings. The van der Waals surface area contributed by atoms with E-state index in [9.17, 15) is 9.59 Å². The number of hydrogen-bond acceptors (Lipinski definition) is 5. The average molecular weight is 358 g/mol. The molecule has 0 saturated carbocycles. The van der Waals surface area contributed by atoms with Crippen LogP contribution < -0.4 is 5.76 Å². The third-order valence-corrected chi connectivity index (χ3v) is 5.71. The van der Waals surface area contributed by atoms with Gasteiger partial charge < -0.3 is 13.7 Å². The van der Waals surface area contributed by atoms with Crippen molar-refractivity contribution in [1.29, 1.82) is 0 Å². The van der Waals surface area contributed by atoms with E-state index >= 15 is 0 Å². The Labute approximate surface area is 148 Å². The Morgan fingerprint density at radius 1 is 1.20 bits per heavy atom. The van der Waals surface area contributed by atoms with Crippen LogP contribution in [-0.4, -0.2) is 34.2 Å². The zero-order valence-corrected chi connectivity index (χ0v) is 14.4. The fourth-order valence-electron chi connectivity index (χ4n) is 3.12. The lowest BCUT2D eigenvalue weighted by atomic mass is 10.2. The first-order chi connectivity index (χ1) is 12.2. The molecule has 0 radical (unpaired) electrons. The molecule has 4 rings (SSSR count). The van der Waals surface area contributed by atoms with Crippen molar-refractivity contribution in [3.05, 3.63) is 59.0 Å². The molecule has 1 amide bonds. The number of fused-ring (bicyclic) bond motifs is 1. The highest BCUT2D eigenvalue weighted by Gasteiger charge is 2.24. The van der Waals surface area contributed by atoms with Gasteiger partial charge in [0.15, 0.2) is 5.58 Å². The molecule has 25 heavy (non-hydrogen) atoms. The lowest BCUT2D eigenvalue weighted by Crippen LogP contribution is -2.37. The summed E-state index contributed by atoms with van der Waals surface area (Å²) in [5.74, 6) is 1.25. The van der Waals surface area contributed by atoms with E-state index in [-0.39, 0.29) is 17.7 Å². The molecule has 3 aromatic rings. The fraction of sp³-hybridized carbons (Fsp3) is 0.333. The number of nitrogens with zero attached hydrogens (tertiary/aromatic N) is 2. The number of thioether (sulfide) groups is 1. The average Bonchev–Trinajstić information content (AvgIpc) is 3.17. The summed E-state index contributed by atoms with van der Waals surface area (Å²) in [6.07, 6.45) is 2.52. The van der Waals surface area contributed by atoms with Crippen LogP contribution in [0.5, 0.6) is 0 Å². The highest BCUT2D eigenvalue weighted by atomic mass is 32.2. The highest BCUT2D eigenvalue weighted by molar-refractivity contribution is 7.99. The van der Waals surface area contributed by atoms with Gasteiger partial charge in [0.25, 0.3) is 0 Å². The molecule has 1 aliphatic heterocycles. The van der Waals surface area contributed by atoms with E-state index in [0.29, 0.717) is 24.2 Å². The largest absolute Gasteiger partial charge is 0.468 e. The third-order valence-electron chi connectivity index (χ3n) is 4.42. The molecular formula is C18H18N2O4S. The Bertz CT molecular complexity index is 928. The molecule has 6 nitrogen and oxygen atoms in total. The van der Waals surface area contributed by atoms with E-state index < -0.39 is 5.76 Å². The topological polar surface area (TPSA) is 68.6 Å². The first kappa shape index (κ1) is 16.1. The van der Waals surface area contributed by atoms with Crippen LogP contribution >= 0.6 is 11.8 Å². The maximum atomic E-state index is 12.7. The number of carbonyl (C=O) groups is 1. The fourth-order valence-corrected chi connectivity index (χ4v) is 4.30. The molecule has 0 N–H and O–H groups in total. The standard InChI is InChI=1S/C18H18N2O4S/c21-17(12-20-13-4-1-2-5-14(13)24-18(20)22)19-8-7-16(25-11-9-19)15-6-3-10-23-15/h1-6,10,16H,7-9,11-12H2/t16-/m1/s1. The molecule has 0 unspecified atom stereocenters. The lowest BCUT2D eigenvalue weighted by Gasteiger charge is -2.20. The molecule has 7 heteroatoms. The molecule has 1 fully saturated rings. The minimum Gasteiger partial charge on any atom is -0.468 e. The number of benzene rings is 1. The van der Waals surface area contributed by atoms with Crippen LogP contribution in [0.3, 0.4) is 0 Å². The summed E-state index contributed by atoms with van der Waals surface area (Å²) in [6, 6.07) is 11.0. The van der Waals surface area contributed by atoms with Crippen LogP contribution in [-0.2, 0) is 11.3 Å². The van der Waals surface area contributed by atoms with Gasteiger partial charge in [-0.25, -0.2) is 4.79 Å². The predicted octanol–water partition coefficient (Wildman–Crippen LogP) is 2.89. The normalized spacial score (nSPS) is 18.4. The van der Waals surface area contributed by atoms with Gasteiger partial charge in [0.2, 0.25) is 5.91 Å². The van der Waals surface area contributed by atoms with Gasteiger partial charge in [-0.15, -0.1) is 11.8 Å². The van der Waals surface area contributed by atoms with E-state index in [1.807, 2.05) is 23.1 Å². The number of aromatic nitrogens is 1. The summed E-state index contributed by atoms with van der Waals surface area (Å²) < 4.78 is 12.1. The second-order valence-corrected chi connectivity index (χ2v) is 7.28. The number of furan rings is 1. The third kappa shape index (κ3) is 3.24. The van der Waals surface area contributed by atoms with Gasteiger partial charge in [-0.1, -0.05) is 12.1 Å². The van der Waals surface area contributed by atoms with Crippen molar-refractivity contribution >= 4 is 28.8 Å². The van der Waals surface area contributed by atoms with Crippen LogP contribution in [0.2, 0.25) is 0 Å². The molecule has 1 saturated heterocycles. The first-order valence-electron chi connectivity index (χ1n) is 8.23. The van der Waals surface area contributed by atoms with Crippen molar-refractivity contribution < 1.29 is 13.6 Å². The van der Waals surface area contributed by atoms with Crippen LogP contribution in [0.15, 0.2) is 56.3 Å². The van der Waals surface area contributed by atoms with Crippen molar-refractivity contribution in [2.45, 2.75) is 18.2 Å². The smallest absolute Gasteiger partial charge is 0.420 e. The quantitative estimate of drug-likeness (QED) is 0.720. The number of hydrogen-bond donors (Lipinski definition) is 0. The summed E-state index contributed by atoms with van der Waals surface area (Å²) in [5.41, 5.74) is 1.16. The molecule has 0 spiro atoms. The Kier molecular flexibility index (Phi) is 4.40. The van der Waals surface area contributed by atoms with E-state index in [1.165, 1.54) is 4.57 Å². The van der Waals surface area contributed by atoms with E-state index in [0.717, 1.165) is 17.9 Å². The van der Waals surface area contributed by atoms with E-state index in [1.54, 1.807) is 36.2 Å². The van der Waals surface area contributed by atoms with Crippen molar-refractivity contribution in [2.75, 3.05) is 18.8 Å². The van der Waals surface area contributed by atoms with Gasteiger partial charge in [0.05, 0.1) is 17.0 Å². The second-order valence-electron chi connectivity index (χ2n) is 5.97. The highest BCUT2D eigenvalue weighted by Crippen LogP contribution is 2.34. The monoisotopic (exact) mass is 358 g/mol. The van der Waals surface area contributed by atoms with Crippen molar-refractivity contribution in [3.8, 4) is 0 Å². The second kappa shape index (κ2) is 6.84. The van der Waals surface area contributed by atoms with E-state index in [4.69, 9.17) is 8.83 Å². The maximum Gasteiger partial charge on any atom is 0.420 e. The Balaban J connectivity index is 1.47. The minimum atomic E-state index is -0.493. The van der Waals surface area contributed by atoms with Gasteiger partial charge >= 0.3 is 5.76 Å². The van der Waals surface area contributed by atoms with Crippen molar-refractivity contribution in [1.82, 2.24) is 9.47 Å². The molecule has 3 heterocycles. The summed E-state index contributed by atoms with van der Waals surface area (Å²) in [4.78, 5) is 26.6. The predicted molar refractivity (Wildman–Crippen MR) is 95.6 cm³/mol. The van der Waals surface area contributed by atoms with Crippen molar-refractivity contribution in [3.63, 3.8) is 0 Å². The number of para-hydroxylation sites is 2. The van der Waals surface area contributed by atoms with Crippen LogP contribution in [0.25, 0.3) is 11.1 Å². The zero-order chi connectivity index (χ0) is 17.2. The van der Waals surface area contributed by atoms with Gasteiger partial charge in [-0.3, -0.25) is 9.36 Å². The van der Waals surface area contributed by atoms with E-state index in [2.05, 4.69) is 0 Å². The first-order valence-corrected chi connectivity index (χ1v) is 9.28. The van der Waals surface area contributed by atoms with Crippen LogP contribution in [0, 0.1) is 0 Å². The number of oxazole rings is 1. The SMILES string of the molecule is O=C(Cn1c(=O)oc2ccccc21)N1CCS[C@@H](c2ccco2)CC1. The van der Waals surface area contributed by atoms with Crippen LogP contribution in [0.4, 0.5) is 0 Å². The van der Waals surface area contributed by atoms with Crippen molar-refractivity contribution in [2.24, 2.45) is 0 Å². The number of carbonyl (C=O) groups excluding carboxylic acids is 1. The number of amides is 1. The summed E-state index contributed by atoms with van der Waals surface area (Å²) in [5, 5.41) is 0.269. The zero-order valence-electron chi connectivity index (χ0n) is 13.6. The Morgan fingerprint density at radius 3 is 2.92 bits per heavy atom. The maximum absolute atomic E-state index is 12.7. The lowest BCUT2D eigenvalue weighted by molar-refractivity contribution is -0.131. The molecule has 130 valence electrons.